The van der Waals surface area contributed by atoms with Crippen LogP contribution >= 0.6 is 0 Å². The summed E-state index contributed by atoms with van der Waals surface area (Å²) in [5.74, 6) is 1.88. The SMILES string of the molecule is CCCc1ccc(OCCCC2CCCNC2)cc1. The summed E-state index contributed by atoms with van der Waals surface area (Å²) in [6.07, 6.45) is 7.55. The number of hydrogen-bond acceptors (Lipinski definition) is 2. The Kier molecular flexibility index (Phi) is 6.22. The number of rotatable bonds is 7. The summed E-state index contributed by atoms with van der Waals surface area (Å²) in [7, 11) is 0. The fourth-order valence-corrected chi connectivity index (χ4v) is 2.77. The summed E-state index contributed by atoms with van der Waals surface area (Å²) in [5, 5.41) is 3.47. The van der Waals surface area contributed by atoms with E-state index in [0.717, 1.165) is 24.7 Å². The lowest BCUT2D eigenvalue weighted by Gasteiger charge is -2.22. The molecular weight excluding hydrogens is 234 g/mol. The monoisotopic (exact) mass is 261 g/mol. The third-order valence-corrected chi connectivity index (χ3v) is 3.89. The maximum absolute atomic E-state index is 5.81. The van der Waals surface area contributed by atoms with Crippen LogP contribution in [0.15, 0.2) is 24.3 Å². The second-order valence-electron chi connectivity index (χ2n) is 5.60. The average molecular weight is 261 g/mol. The molecule has 1 aliphatic heterocycles. The molecule has 1 saturated heterocycles. The van der Waals surface area contributed by atoms with Crippen molar-refractivity contribution < 1.29 is 4.74 Å². The zero-order valence-electron chi connectivity index (χ0n) is 12.2. The van der Waals surface area contributed by atoms with Crippen molar-refractivity contribution in [2.24, 2.45) is 5.92 Å². The maximum atomic E-state index is 5.81. The quantitative estimate of drug-likeness (QED) is 0.754. The van der Waals surface area contributed by atoms with Gasteiger partial charge in [-0.15, -0.1) is 0 Å². The van der Waals surface area contributed by atoms with Gasteiger partial charge in [0.05, 0.1) is 6.61 Å². The molecule has 1 aliphatic rings. The first-order valence-electron chi connectivity index (χ1n) is 7.81. The molecule has 0 aromatic heterocycles. The molecule has 0 spiro atoms. The Morgan fingerprint density at radius 3 is 2.79 bits per heavy atom. The van der Waals surface area contributed by atoms with E-state index in [1.165, 1.54) is 50.8 Å². The molecule has 2 nitrogen and oxygen atoms in total. The predicted octanol–water partition coefficient (Wildman–Crippen LogP) is 3.80. The van der Waals surface area contributed by atoms with Gasteiger partial charge in [-0.05, 0) is 68.8 Å². The molecule has 1 N–H and O–H groups in total. The van der Waals surface area contributed by atoms with E-state index in [-0.39, 0.29) is 0 Å². The molecule has 2 heteroatoms. The molecule has 1 heterocycles. The molecule has 1 atom stereocenters. The van der Waals surface area contributed by atoms with Crippen LogP contribution in [0, 0.1) is 5.92 Å². The highest BCUT2D eigenvalue weighted by molar-refractivity contribution is 5.27. The van der Waals surface area contributed by atoms with Crippen molar-refractivity contribution in [3.05, 3.63) is 29.8 Å². The van der Waals surface area contributed by atoms with Gasteiger partial charge in [-0.3, -0.25) is 0 Å². The summed E-state index contributed by atoms with van der Waals surface area (Å²) in [4.78, 5) is 0. The van der Waals surface area contributed by atoms with Crippen molar-refractivity contribution in [1.29, 1.82) is 0 Å². The molecule has 19 heavy (non-hydrogen) atoms. The van der Waals surface area contributed by atoms with Crippen molar-refractivity contribution >= 4 is 0 Å². The second-order valence-corrected chi connectivity index (χ2v) is 5.60. The van der Waals surface area contributed by atoms with Crippen LogP contribution in [-0.2, 0) is 6.42 Å². The van der Waals surface area contributed by atoms with Gasteiger partial charge in [-0.1, -0.05) is 25.5 Å². The predicted molar refractivity (Wildman–Crippen MR) is 80.8 cm³/mol. The van der Waals surface area contributed by atoms with Crippen molar-refractivity contribution in [2.45, 2.75) is 45.4 Å². The topological polar surface area (TPSA) is 21.3 Å². The molecule has 1 aromatic carbocycles. The van der Waals surface area contributed by atoms with E-state index in [4.69, 9.17) is 4.74 Å². The van der Waals surface area contributed by atoms with Crippen LogP contribution in [0.4, 0.5) is 0 Å². The molecule has 0 saturated carbocycles. The third kappa shape index (κ3) is 5.23. The summed E-state index contributed by atoms with van der Waals surface area (Å²) in [5.41, 5.74) is 1.41. The molecule has 0 radical (unpaired) electrons. The largest absolute Gasteiger partial charge is 0.494 e. The van der Waals surface area contributed by atoms with Gasteiger partial charge in [0.25, 0.3) is 0 Å². The first-order valence-corrected chi connectivity index (χ1v) is 7.81. The summed E-state index contributed by atoms with van der Waals surface area (Å²) in [6, 6.07) is 8.58. The van der Waals surface area contributed by atoms with Gasteiger partial charge in [0.2, 0.25) is 0 Å². The smallest absolute Gasteiger partial charge is 0.119 e. The number of aryl methyl sites for hydroxylation is 1. The van der Waals surface area contributed by atoms with E-state index in [2.05, 4.69) is 36.5 Å². The zero-order valence-corrected chi connectivity index (χ0v) is 12.2. The van der Waals surface area contributed by atoms with E-state index in [1.807, 2.05) is 0 Å². The van der Waals surface area contributed by atoms with Gasteiger partial charge < -0.3 is 10.1 Å². The minimum absolute atomic E-state index is 0.851. The highest BCUT2D eigenvalue weighted by Crippen LogP contribution is 2.17. The molecule has 1 unspecified atom stereocenters. The molecule has 0 bridgehead atoms. The molecule has 2 rings (SSSR count). The van der Waals surface area contributed by atoms with Gasteiger partial charge in [-0.25, -0.2) is 0 Å². The van der Waals surface area contributed by atoms with E-state index < -0.39 is 0 Å². The summed E-state index contributed by atoms with van der Waals surface area (Å²) < 4.78 is 5.81. The highest BCUT2D eigenvalue weighted by atomic mass is 16.5. The number of piperidine rings is 1. The molecule has 0 aliphatic carbocycles. The van der Waals surface area contributed by atoms with Crippen LogP contribution in [0.5, 0.6) is 5.75 Å². The van der Waals surface area contributed by atoms with Crippen LogP contribution in [0.2, 0.25) is 0 Å². The van der Waals surface area contributed by atoms with Gasteiger partial charge in [0.1, 0.15) is 5.75 Å². The van der Waals surface area contributed by atoms with Gasteiger partial charge in [-0.2, -0.15) is 0 Å². The van der Waals surface area contributed by atoms with E-state index in [1.54, 1.807) is 0 Å². The van der Waals surface area contributed by atoms with Gasteiger partial charge >= 0.3 is 0 Å². The molecule has 106 valence electrons. The molecule has 1 fully saturated rings. The van der Waals surface area contributed by atoms with Crippen LogP contribution in [0.1, 0.15) is 44.6 Å². The minimum Gasteiger partial charge on any atom is -0.494 e. The van der Waals surface area contributed by atoms with Gasteiger partial charge in [0.15, 0.2) is 0 Å². The van der Waals surface area contributed by atoms with Crippen molar-refractivity contribution in [1.82, 2.24) is 5.32 Å². The van der Waals surface area contributed by atoms with Crippen molar-refractivity contribution in [3.8, 4) is 5.75 Å². The van der Waals surface area contributed by atoms with Crippen molar-refractivity contribution in [2.75, 3.05) is 19.7 Å². The van der Waals surface area contributed by atoms with Crippen LogP contribution in [0.25, 0.3) is 0 Å². The lowest BCUT2D eigenvalue weighted by molar-refractivity contribution is 0.275. The Labute approximate surface area is 117 Å². The Bertz CT molecular complexity index is 341. The van der Waals surface area contributed by atoms with Crippen LogP contribution in [-0.4, -0.2) is 19.7 Å². The second kappa shape index (κ2) is 8.21. The first-order chi connectivity index (χ1) is 9.38. The van der Waals surface area contributed by atoms with Crippen LogP contribution < -0.4 is 10.1 Å². The Hall–Kier alpha value is -1.02. The maximum Gasteiger partial charge on any atom is 0.119 e. The summed E-state index contributed by atoms with van der Waals surface area (Å²) >= 11 is 0. The Morgan fingerprint density at radius 1 is 1.26 bits per heavy atom. The lowest BCUT2D eigenvalue weighted by Crippen LogP contribution is -2.29. The normalized spacial score (nSPS) is 19.3. The number of benzene rings is 1. The third-order valence-electron chi connectivity index (χ3n) is 3.89. The van der Waals surface area contributed by atoms with Gasteiger partial charge in [0, 0.05) is 0 Å². The lowest BCUT2D eigenvalue weighted by atomic mass is 9.95. The summed E-state index contributed by atoms with van der Waals surface area (Å²) in [6.45, 7) is 5.47. The van der Waals surface area contributed by atoms with E-state index in [9.17, 15) is 0 Å². The standard InChI is InChI=1S/C17H27NO/c1-2-5-15-8-10-17(11-9-15)19-13-4-7-16-6-3-12-18-14-16/h8-11,16,18H,2-7,12-14H2,1H3. The first kappa shape index (κ1) is 14.4. The average Bonchev–Trinajstić information content (AvgIpc) is 2.47. The fourth-order valence-electron chi connectivity index (χ4n) is 2.77. The number of ether oxygens (including phenoxy) is 1. The Balaban J connectivity index is 1.62. The molecule has 1 aromatic rings. The minimum atomic E-state index is 0.851. The van der Waals surface area contributed by atoms with Crippen molar-refractivity contribution in [3.63, 3.8) is 0 Å². The zero-order chi connectivity index (χ0) is 13.3. The van der Waals surface area contributed by atoms with Crippen LogP contribution in [0.3, 0.4) is 0 Å². The fraction of sp³-hybridized carbons (Fsp3) is 0.647. The molecule has 0 amide bonds. The Morgan fingerprint density at radius 2 is 2.11 bits per heavy atom. The number of hydrogen-bond donors (Lipinski definition) is 1. The number of nitrogens with one attached hydrogen (secondary N) is 1. The highest BCUT2D eigenvalue weighted by Gasteiger charge is 2.11. The van der Waals surface area contributed by atoms with E-state index >= 15 is 0 Å². The van der Waals surface area contributed by atoms with E-state index in [0.29, 0.717) is 0 Å². The molecular formula is C17H27NO.